The Morgan fingerprint density at radius 2 is 1.75 bits per heavy atom. The third-order valence-corrected chi connectivity index (χ3v) is 2.83. The van der Waals surface area contributed by atoms with E-state index in [9.17, 15) is 0 Å². The molecule has 0 bridgehead atoms. The van der Waals surface area contributed by atoms with Gasteiger partial charge in [-0.3, -0.25) is 0 Å². The van der Waals surface area contributed by atoms with Crippen LogP contribution in [0.15, 0.2) is 53.0 Å². The Morgan fingerprint density at radius 1 is 1.00 bits per heavy atom. The van der Waals surface area contributed by atoms with Crippen LogP contribution in [0.1, 0.15) is 11.1 Å². The van der Waals surface area contributed by atoms with Crippen molar-refractivity contribution < 1.29 is 0 Å². The molecule has 2 aromatic rings. The van der Waals surface area contributed by atoms with E-state index in [1.54, 1.807) is 0 Å². The predicted octanol–water partition coefficient (Wildman–Crippen LogP) is 4.04. The van der Waals surface area contributed by atoms with E-state index in [0.29, 0.717) is 0 Å². The number of hydrogen-bond acceptors (Lipinski definition) is 1. The van der Waals surface area contributed by atoms with Crippen LogP contribution < -0.4 is 5.73 Å². The van der Waals surface area contributed by atoms with Gasteiger partial charge in [-0.25, -0.2) is 0 Å². The van der Waals surface area contributed by atoms with E-state index in [-0.39, 0.29) is 12.4 Å². The second-order valence-corrected chi connectivity index (χ2v) is 4.42. The Hall–Kier alpha value is -0.990. The summed E-state index contributed by atoms with van der Waals surface area (Å²) in [5, 5.41) is 0. The maximum Gasteiger partial charge on any atom is 0.0349 e. The van der Waals surface area contributed by atoms with Crippen molar-refractivity contribution in [3.63, 3.8) is 0 Å². The summed E-state index contributed by atoms with van der Waals surface area (Å²) >= 11 is 3.46. The fourth-order valence-electron chi connectivity index (χ4n) is 1.56. The summed E-state index contributed by atoms with van der Waals surface area (Å²) < 4.78 is 1.11. The molecule has 0 aliphatic rings. The van der Waals surface area contributed by atoms with Gasteiger partial charge >= 0.3 is 0 Å². The maximum atomic E-state index is 5.89. The van der Waals surface area contributed by atoms with Crippen LogP contribution in [0.2, 0.25) is 0 Å². The number of halogens is 2. The third kappa shape index (κ3) is 3.26. The molecule has 0 unspecified atom stereocenters. The van der Waals surface area contributed by atoms with E-state index < -0.39 is 0 Å². The minimum absolute atomic E-state index is 0. The normalized spacial score (nSPS) is 9.56. The summed E-state index contributed by atoms with van der Waals surface area (Å²) in [7, 11) is 0. The van der Waals surface area contributed by atoms with Gasteiger partial charge in [0.25, 0.3) is 0 Å². The van der Waals surface area contributed by atoms with E-state index in [2.05, 4.69) is 34.1 Å². The zero-order valence-corrected chi connectivity index (χ0v) is 11.1. The van der Waals surface area contributed by atoms with Gasteiger partial charge in [0.2, 0.25) is 0 Å². The van der Waals surface area contributed by atoms with E-state index in [0.717, 1.165) is 16.6 Å². The Balaban J connectivity index is 0.00000128. The Morgan fingerprint density at radius 3 is 2.44 bits per heavy atom. The fourth-order valence-corrected chi connectivity index (χ4v) is 2.01. The zero-order valence-electron chi connectivity index (χ0n) is 8.69. The van der Waals surface area contributed by atoms with Gasteiger partial charge in [0, 0.05) is 10.2 Å². The highest BCUT2D eigenvalue weighted by atomic mass is 79.9. The summed E-state index contributed by atoms with van der Waals surface area (Å²) in [6.07, 6.45) is 0.881. The molecule has 0 radical (unpaired) electrons. The van der Waals surface area contributed by atoms with Gasteiger partial charge in [0.05, 0.1) is 0 Å². The van der Waals surface area contributed by atoms with Crippen molar-refractivity contribution in [3.8, 4) is 0 Å². The fraction of sp³-hybridized carbons (Fsp3) is 0.0769. The first kappa shape index (κ1) is 13.1. The molecule has 1 nitrogen and oxygen atoms in total. The first-order chi connectivity index (χ1) is 7.25. The topological polar surface area (TPSA) is 26.0 Å². The first-order valence-corrected chi connectivity index (χ1v) is 5.63. The maximum absolute atomic E-state index is 5.89. The summed E-state index contributed by atoms with van der Waals surface area (Å²) in [4.78, 5) is 0. The molecule has 2 N–H and O–H groups in total. The quantitative estimate of drug-likeness (QED) is 0.832. The van der Waals surface area contributed by atoms with Crippen LogP contribution >= 0.6 is 28.3 Å². The molecule has 84 valence electrons. The number of hydrogen-bond donors (Lipinski definition) is 1. The van der Waals surface area contributed by atoms with E-state index in [1.807, 2.05) is 30.3 Å². The molecule has 2 rings (SSSR count). The monoisotopic (exact) mass is 297 g/mol. The van der Waals surface area contributed by atoms with Gasteiger partial charge < -0.3 is 5.73 Å². The molecule has 3 heteroatoms. The number of nitrogens with two attached hydrogens (primary N) is 1. The number of benzene rings is 2. The van der Waals surface area contributed by atoms with Gasteiger partial charge in [-0.2, -0.15) is 0 Å². The highest BCUT2D eigenvalue weighted by Crippen LogP contribution is 2.18. The lowest BCUT2D eigenvalue weighted by atomic mass is 10.0. The van der Waals surface area contributed by atoms with Crippen molar-refractivity contribution in [1.29, 1.82) is 0 Å². The smallest absolute Gasteiger partial charge is 0.0349 e. The van der Waals surface area contributed by atoms with E-state index in [4.69, 9.17) is 5.73 Å². The average Bonchev–Trinajstić information content (AvgIpc) is 2.22. The molecule has 0 fully saturated rings. The van der Waals surface area contributed by atoms with Crippen LogP contribution in [0.3, 0.4) is 0 Å². The van der Waals surface area contributed by atoms with E-state index >= 15 is 0 Å². The molecule has 0 saturated carbocycles. The molecule has 0 atom stereocenters. The first-order valence-electron chi connectivity index (χ1n) is 4.83. The molecular weight excluding hydrogens is 286 g/mol. The molecule has 0 saturated heterocycles. The zero-order chi connectivity index (χ0) is 10.7. The second-order valence-electron chi connectivity index (χ2n) is 3.51. The molecule has 0 aromatic heterocycles. The van der Waals surface area contributed by atoms with Crippen LogP contribution in [-0.4, -0.2) is 0 Å². The molecule has 0 aliphatic heterocycles. The molecule has 2 aromatic carbocycles. The van der Waals surface area contributed by atoms with Crippen LogP contribution in [-0.2, 0) is 6.42 Å². The van der Waals surface area contributed by atoms with Crippen molar-refractivity contribution in [2.24, 2.45) is 0 Å². The van der Waals surface area contributed by atoms with Crippen LogP contribution in [0.5, 0.6) is 0 Å². The van der Waals surface area contributed by atoms with Crippen molar-refractivity contribution >= 4 is 34.0 Å². The van der Waals surface area contributed by atoms with Crippen molar-refractivity contribution in [2.45, 2.75) is 6.42 Å². The summed E-state index contributed by atoms with van der Waals surface area (Å²) in [5.41, 5.74) is 9.20. The average molecular weight is 299 g/mol. The Kier molecular flexibility index (Phi) is 4.84. The number of anilines is 1. The van der Waals surface area contributed by atoms with Gasteiger partial charge in [0.1, 0.15) is 0 Å². The van der Waals surface area contributed by atoms with Gasteiger partial charge in [-0.1, -0.05) is 46.3 Å². The van der Waals surface area contributed by atoms with Crippen molar-refractivity contribution in [1.82, 2.24) is 0 Å². The number of rotatable bonds is 2. The summed E-state index contributed by atoms with van der Waals surface area (Å²) in [5.74, 6) is 0. The summed E-state index contributed by atoms with van der Waals surface area (Å²) in [6.45, 7) is 0. The Labute approximate surface area is 110 Å². The summed E-state index contributed by atoms with van der Waals surface area (Å²) in [6, 6.07) is 16.3. The lowest BCUT2D eigenvalue weighted by Crippen LogP contribution is -1.94. The minimum Gasteiger partial charge on any atom is -0.398 e. The number of nitrogen functional groups attached to an aromatic ring is 1. The largest absolute Gasteiger partial charge is 0.398 e. The van der Waals surface area contributed by atoms with Crippen LogP contribution in [0.4, 0.5) is 5.69 Å². The molecule has 0 amide bonds. The lowest BCUT2D eigenvalue weighted by molar-refractivity contribution is 1.19. The molecule has 16 heavy (non-hydrogen) atoms. The molecule has 0 spiro atoms. The lowest BCUT2D eigenvalue weighted by Gasteiger charge is -2.05. The molecular formula is C13H13BrClN. The van der Waals surface area contributed by atoms with Crippen molar-refractivity contribution in [2.75, 3.05) is 5.73 Å². The third-order valence-electron chi connectivity index (χ3n) is 2.34. The minimum atomic E-state index is 0. The SMILES string of the molecule is Cl.Nc1ccccc1Cc1cccc(Br)c1. The molecule has 0 aliphatic carbocycles. The second kappa shape index (κ2) is 5.92. The number of para-hydroxylation sites is 1. The highest BCUT2D eigenvalue weighted by molar-refractivity contribution is 9.10. The van der Waals surface area contributed by atoms with Crippen LogP contribution in [0, 0.1) is 0 Å². The Bertz CT molecular complexity index is 471. The van der Waals surface area contributed by atoms with Gasteiger partial charge in [0.15, 0.2) is 0 Å². The van der Waals surface area contributed by atoms with Crippen LogP contribution in [0.25, 0.3) is 0 Å². The van der Waals surface area contributed by atoms with Gasteiger partial charge in [-0.05, 0) is 35.7 Å². The predicted molar refractivity (Wildman–Crippen MR) is 75.1 cm³/mol. The van der Waals surface area contributed by atoms with Gasteiger partial charge in [-0.15, -0.1) is 12.4 Å². The van der Waals surface area contributed by atoms with Crippen molar-refractivity contribution in [3.05, 3.63) is 64.1 Å². The standard InChI is InChI=1S/C13H12BrN.ClH/c14-12-6-3-4-10(9-12)8-11-5-1-2-7-13(11)15;/h1-7,9H,8,15H2;1H. The molecule has 0 heterocycles. The highest BCUT2D eigenvalue weighted by Gasteiger charge is 1.99. The van der Waals surface area contributed by atoms with E-state index in [1.165, 1.54) is 11.1 Å².